The molecule has 26 heavy (non-hydrogen) atoms. The van der Waals surface area contributed by atoms with Crippen LogP contribution in [0, 0.1) is 0 Å². The molecule has 0 spiro atoms. The van der Waals surface area contributed by atoms with Crippen molar-refractivity contribution < 1.29 is 17.9 Å². The predicted molar refractivity (Wildman–Crippen MR) is 95.9 cm³/mol. The summed E-state index contributed by atoms with van der Waals surface area (Å²) in [7, 11) is 1.71. The lowest BCUT2D eigenvalue weighted by atomic mass is 10.1. The van der Waals surface area contributed by atoms with E-state index in [2.05, 4.69) is 16.9 Å². The van der Waals surface area contributed by atoms with Crippen molar-refractivity contribution in [1.29, 1.82) is 0 Å². The van der Waals surface area contributed by atoms with Crippen molar-refractivity contribution in [2.75, 3.05) is 18.6 Å². The zero-order valence-electron chi connectivity index (χ0n) is 15.3. The first-order chi connectivity index (χ1) is 12.4. The van der Waals surface area contributed by atoms with E-state index in [9.17, 15) is 13.2 Å². The van der Waals surface area contributed by atoms with Gasteiger partial charge in [-0.3, -0.25) is 0 Å². The fourth-order valence-corrected chi connectivity index (χ4v) is 2.42. The van der Waals surface area contributed by atoms with Crippen molar-refractivity contribution in [2.45, 2.75) is 45.7 Å². The van der Waals surface area contributed by atoms with E-state index in [4.69, 9.17) is 4.74 Å². The Morgan fingerprint density at radius 1 is 1.08 bits per heavy atom. The van der Waals surface area contributed by atoms with Crippen molar-refractivity contribution >= 4 is 11.6 Å². The summed E-state index contributed by atoms with van der Waals surface area (Å²) in [4.78, 5) is 9.55. The van der Waals surface area contributed by atoms with E-state index in [-0.39, 0.29) is 12.6 Å². The fraction of sp³-hybridized carbons (Fsp3) is 0.474. The molecule has 0 aliphatic carbocycles. The highest BCUT2D eigenvalue weighted by molar-refractivity contribution is 5.57. The van der Waals surface area contributed by atoms with Gasteiger partial charge in [0.15, 0.2) is 0 Å². The molecule has 0 atom stereocenters. The molecule has 0 amide bonds. The van der Waals surface area contributed by atoms with Crippen molar-refractivity contribution in [2.24, 2.45) is 0 Å². The van der Waals surface area contributed by atoms with Crippen molar-refractivity contribution in [3.8, 4) is 5.88 Å². The van der Waals surface area contributed by atoms with Gasteiger partial charge in [0.1, 0.15) is 5.56 Å². The Morgan fingerprint density at radius 2 is 1.77 bits per heavy atom. The van der Waals surface area contributed by atoms with Crippen LogP contribution in [-0.4, -0.2) is 23.6 Å². The highest BCUT2D eigenvalue weighted by atomic mass is 19.4. The molecular formula is C19H24F3N3O. The molecule has 0 unspecified atom stereocenters. The summed E-state index contributed by atoms with van der Waals surface area (Å²) in [5.41, 5.74) is 1.02. The summed E-state index contributed by atoms with van der Waals surface area (Å²) in [5, 5.41) is 0. The minimum atomic E-state index is -4.56. The number of anilines is 2. The predicted octanol–water partition coefficient (Wildman–Crippen LogP) is 5.39. The summed E-state index contributed by atoms with van der Waals surface area (Å²) >= 11 is 0. The lowest BCUT2D eigenvalue weighted by Crippen LogP contribution is -2.17. The van der Waals surface area contributed by atoms with Gasteiger partial charge in [0.25, 0.3) is 0 Å². The summed E-state index contributed by atoms with van der Waals surface area (Å²) in [6, 6.07) is 7.72. The summed E-state index contributed by atoms with van der Waals surface area (Å²) < 4.78 is 44.9. The standard InChI is InChI=1S/C19H24F3N3O/c1-4-6-7-12-26-17-16(19(20,21)22)13-23-18(24-17)25(3)15-10-8-14(5-2)9-11-15/h8-11,13H,4-7,12H2,1-3H3. The van der Waals surface area contributed by atoms with Gasteiger partial charge in [0, 0.05) is 18.9 Å². The third-order valence-electron chi connectivity index (χ3n) is 4.07. The number of rotatable bonds is 8. The van der Waals surface area contributed by atoms with Crippen LogP contribution in [0.4, 0.5) is 24.8 Å². The van der Waals surface area contributed by atoms with Crippen LogP contribution >= 0.6 is 0 Å². The van der Waals surface area contributed by atoms with Crippen LogP contribution in [-0.2, 0) is 12.6 Å². The Hall–Kier alpha value is -2.31. The zero-order chi connectivity index (χ0) is 19.2. The number of alkyl halides is 3. The number of aryl methyl sites for hydroxylation is 1. The number of benzene rings is 1. The third-order valence-corrected chi connectivity index (χ3v) is 4.07. The van der Waals surface area contributed by atoms with E-state index in [1.165, 1.54) is 5.56 Å². The van der Waals surface area contributed by atoms with Crippen molar-refractivity contribution in [3.05, 3.63) is 41.6 Å². The molecule has 0 saturated carbocycles. The number of aromatic nitrogens is 2. The molecule has 2 rings (SSSR count). The summed E-state index contributed by atoms with van der Waals surface area (Å²) in [6.45, 7) is 4.27. The van der Waals surface area contributed by atoms with Gasteiger partial charge in [-0.15, -0.1) is 0 Å². The maximum atomic E-state index is 13.2. The highest BCUT2D eigenvalue weighted by Gasteiger charge is 2.36. The number of halogens is 3. The molecule has 0 saturated heterocycles. The monoisotopic (exact) mass is 367 g/mol. The molecular weight excluding hydrogens is 343 g/mol. The van der Waals surface area contributed by atoms with Gasteiger partial charge >= 0.3 is 6.18 Å². The number of nitrogens with zero attached hydrogens (tertiary/aromatic N) is 3. The maximum absolute atomic E-state index is 13.2. The molecule has 0 fully saturated rings. The molecule has 0 radical (unpaired) electrons. The van der Waals surface area contributed by atoms with E-state index in [0.29, 0.717) is 6.42 Å². The molecule has 0 aliphatic heterocycles. The van der Waals surface area contributed by atoms with Crippen LogP contribution in [0.5, 0.6) is 5.88 Å². The van der Waals surface area contributed by atoms with Crippen LogP contribution < -0.4 is 9.64 Å². The van der Waals surface area contributed by atoms with Crippen LogP contribution in [0.1, 0.15) is 44.2 Å². The molecule has 1 aromatic carbocycles. The zero-order valence-corrected chi connectivity index (χ0v) is 15.3. The summed E-state index contributed by atoms with van der Waals surface area (Å²) in [6.07, 6.45) is -0.323. The van der Waals surface area contributed by atoms with Gasteiger partial charge in [-0.25, -0.2) is 4.98 Å². The largest absolute Gasteiger partial charge is 0.477 e. The molecule has 1 aromatic heterocycles. The second kappa shape index (κ2) is 8.87. The average molecular weight is 367 g/mol. The molecule has 2 aromatic rings. The van der Waals surface area contributed by atoms with E-state index in [1.54, 1.807) is 11.9 Å². The van der Waals surface area contributed by atoms with Gasteiger partial charge < -0.3 is 9.64 Å². The van der Waals surface area contributed by atoms with E-state index in [0.717, 1.165) is 31.1 Å². The number of hydrogen-bond acceptors (Lipinski definition) is 4. The first kappa shape index (κ1) is 20.0. The topological polar surface area (TPSA) is 38.2 Å². The van der Waals surface area contributed by atoms with Gasteiger partial charge in [-0.1, -0.05) is 38.8 Å². The second-order valence-electron chi connectivity index (χ2n) is 6.02. The fourth-order valence-electron chi connectivity index (χ4n) is 2.42. The van der Waals surface area contributed by atoms with Crippen LogP contribution in [0.25, 0.3) is 0 Å². The number of ether oxygens (including phenoxy) is 1. The maximum Gasteiger partial charge on any atom is 0.423 e. The van der Waals surface area contributed by atoms with Gasteiger partial charge in [-0.05, 0) is 30.5 Å². The Kier molecular flexibility index (Phi) is 6.83. The van der Waals surface area contributed by atoms with E-state index < -0.39 is 17.6 Å². The first-order valence-corrected chi connectivity index (χ1v) is 8.76. The normalized spacial score (nSPS) is 11.5. The van der Waals surface area contributed by atoms with Gasteiger partial charge in [0.2, 0.25) is 11.8 Å². The summed E-state index contributed by atoms with van der Waals surface area (Å²) in [5.74, 6) is -0.261. The van der Waals surface area contributed by atoms with Crippen LogP contribution in [0.2, 0.25) is 0 Å². The Bertz CT molecular complexity index is 702. The third kappa shape index (κ3) is 5.09. The molecule has 7 heteroatoms. The molecule has 142 valence electrons. The molecule has 0 aliphatic rings. The minimum Gasteiger partial charge on any atom is -0.477 e. The Morgan fingerprint density at radius 3 is 2.35 bits per heavy atom. The second-order valence-corrected chi connectivity index (χ2v) is 6.02. The molecule has 1 heterocycles. The molecule has 0 N–H and O–H groups in total. The number of hydrogen-bond donors (Lipinski definition) is 0. The number of unbranched alkanes of at least 4 members (excludes halogenated alkanes) is 2. The molecule has 0 bridgehead atoms. The Labute approximate surface area is 152 Å². The average Bonchev–Trinajstić information content (AvgIpc) is 2.63. The lowest BCUT2D eigenvalue weighted by molar-refractivity contribution is -0.139. The van der Waals surface area contributed by atoms with Crippen LogP contribution in [0.15, 0.2) is 30.5 Å². The highest BCUT2D eigenvalue weighted by Crippen LogP contribution is 2.36. The quantitative estimate of drug-likeness (QED) is 0.586. The van der Waals surface area contributed by atoms with E-state index >= 15 is 0 Å². The van der Waals surface area contributed by atoms with Gasteiger partial charge in [-0.2, -0.15) is 18.2 Å². The minimum absolute atomic E-state index is 0.160. The van der Waals surface area contributed by atoms with Crippen molar-refractivity contribution in [1.82, 2.24) is 9.97 Å². The lowest BCUT2D eigenvalue weighted by Gasteiger charge is -2.20. The van der Waals surface area contributed by atoms with Crippen molar-refractivity contribution in [3.63, 3.8) is 0 Å². The smallest absolute Gasteiger partial charge is 0.423 e. The van der Waals surface area contributed by atoms with Gasteiger partial charge in [0.05, 0.1) is 6.61 Å². The Balaban J connectivity index is 2.27. The molecule has 4 nitrogen and oxygen atoms in total. The van der Waals surface area contributed by atoms with E-state index in [1.807, 2.05) is 31.2 Å². The first-order valence-electron chi connectivity index (χ1n) is 8.76. The van der Waals surface area contributed by atoms with Crippen LogP contribution in [0.3, 0.4) is 0 Å². The SMILES string of the molecule is CCCCCOc1nc(N(C)c2ccc(CC)cc2)ncc1C(F)(F)F.